The number of hydrogen-bond donors (Lipinski definition) is 3. The van der Waals surface area contributed by atoms with E-state index in [0.717, 1.165) is 17.1 Å². The summed E-state index contributed by atoms with van der Waals surface area (Å²) in [5, 5.41) is 6.15. The third-order valence-corrected chi connectivity index (χ3v) is 4.31. The Morgan fingerprint density at radius 3 is 2.59 bits per heavy atom. The fraction of sp³-hybridized carbons (Fsp3) is 0.450. The van der Waals surface area contributed by atoms with Crippen molar-refractivity contribution >= 4 is 11.9 Å². The van der Waals surface area contributed by atoms with Crippen LogP contribution in [0.15, 0.2) is 41.5 Å². The van der Waals surface area contributed by atoms with Gasteiger partial charge in [-0.2, -0.15) is 0 Å². The summed E-state index contributed by atoms with van der Waals surface area (Å²) >= 11 is 0. The van der Waals surface area contributed by atoms with Gasteiger partial charge in [0.25, 0.3) is 0 Å². The van der Waals surface area contributed by atoms with Crippen LogP contribution in [0.4, 0.5) is 0 Å². The fourth-order valence-electron chi connectivity index (χ4n) is 2.67. The maximum Gasteiger partial charge on any atom is 0.227 e. The zero-order valence-electron chi connectivity index (χ0n) is 16.8. The van der Waals surface area contributed by atoms with Gasteiger partial charge in [-0.25, -0.2) is 4.98 Å². The number of amides is 1. The Balaban J connectivity index is 1.96. The molecular formula is C20H30N6O. The van der Waals surface area contributed by atoms with Crippen LogP contribution in [0.1, 0.15) is 26.6 Å². The fourth-order valence-corrected chi connectivity index (χ4v) is 2.67. The molecule has 0 atom stereocenters. The average Bonchev–Trinajstić information content (AvgIpc) is 3.11. The molecule has 27 heavy (non-hydrogen) atoms. The molecule has 0 spiro atoms. The summed E-state index contributed by atoms with van der Waals surface area (Å²) in [5.41, 5.74) is 1.56. The van der Waals surface area contributed by atoms with Crippen LogP contribution in [0.5, 0.6) is 0 Å². The quantitative estimate of drug-likeness (QED) is 0.515. The van der Waals surface area contributed by atoms with Gasteiger partial charge in [0.05, 0.1) is 23.9 Å². The molecule has 2 rings (SSSR count). The number of rotatable bonds is 7. The minimum atomic E-state index is -0.530. The third-order valence-electron chi connectivity index (χ3n) is 4.31. The molecule has 0 bridgehead atoms. The average molecular weight is 371 g/mol. The molecule has 0 aliphatic heterocycles. The standard InChI is InChI=1S/C20H30N6O/c1-6-22-18(27)20(2,3)14-24-19(21-4)26(5)13-17-23-12-16(25-17)15-10-8-7-9-11-15/h7-12H,6,13-14H2,1-5H3,(H,21,24)(H,22,27)(H,23,25). The van der Waals surface area contributed by atoms with Gasteiger partial charge in [0.2, 0.25) is 5.91 Å². The van der Waals surface area contributed by atoms with Crippen molar-refractivity contribution in [2.24, 2.45) is 10.4 Å². The molecule has 1 heterocycles. The molecule has 0 aliphatic carbocycles. The van der Waals surface area contributed by atoms with E-state index in [1.165, 1.54) is 0 Å². The first-order valence-corrected chi connectivity index (χ1v) is 9.16. The van der Waals surface area contributed by atoms with Crippen LogP contribution >= 0.6 is 0 Å². The Morgan fingerprint density at radius 2 is 1.96 bits per heavy atom. The Morgan fingerprint density at radius 1 is 1.26 bits per heavy atom. The molecule has 1 aromatic heterocycles. The molecule has 1 amide bonds. The van der Waals surface area contributed by atoms with Gasteiger partial charge in [-0.1, -0.05) is 30.3 Å². The summed E-state index contributed by atoms with van der Waals surface area (Å²) in [4.78, 5) is 26.2. The van der Waals surface area contributed by atoms with Crippen LogP contribution in [0.3, 0.4) is 0 Å². The maximum absolute atomic E-state index is 12.1. The van der Waals surface area contributed by atoms with Crippen LogP contribution in [0, 0.1) is 5.41 Å². The molecule has 3 N–H and O–H groups in total. The highest BCUT2D eigenvalue weighted by atomic mass is 16.2. The van der Waals surface area contributed by atoms with Crippen molar-refractivity contribution in [2.45, 2.75) is 27.3 Å². The predicted octanol–water partition coefficient (Wildman–Crippen LogP) is 2.25. The number of nitrogens with zero attached hydrogens (tertiary/aromatic N) is 3. The number of hydrogen-bond acceptors (Lipinski definition) is 3. The zero-order valence-corrected chi connectivity index (χ0v) is 16.8. The van der Waals surface area contributed by atoms with Gasteiger partial charge in [0.1, 0.15) is 5.82 Å². The molecule has 0 saturated carbocycles. The third kappa shape index (κ3) is 5.57. The van der Waals surface area contributed by atoms with Crippen LogP contribution in [0.25, 0.3) is 11.3 Å². The molecule has 146 valence electrons. The first-order valence-electron chi connectivity index (χ1n) is 9.16. The van der Waals surface area contributed by atoms with Gasteiger partial charge >= 0.3 is 0 Å². The van der Waals surface area contributed by atoms with Crippen molar-refractivity contribution in [1.82, 2.24) is 25.5 Å². The topological polar surface area (TPSA) is 85.4 Å². The van der Waals surface area contributed by atoms with Crippen LogP contribution in [0.2, 0.25) is 0 Å². The predicted molar refractivity (Wildman–Crippen MR) is 109 cm³/mol. The number of aromatic nitrogens is 2. The molecule has 0 aliphatic rings. The van der Waals surface area contributed by atoms with Crippen molar-refractivity contribution in [3.05, 3.63) is 42.4 Å². The lowest BCUT2D eigenvalue weighted by atomic mass is 9.92. The summed E-state index contributed by atoms with van der Waals surface area (Å²) in [6.07, 6.45) is 1.84. The molecule has 7 nitrogen and oxygen atoms in total. The molecule has 2 aromatic rings. The number of nitrogens with one attached hydrogen (secondary N) is 3. The Labute approximate surface area is 161 Å². The van der Waals surface area contributed by atoms with Crippen molar-refractivity contribution in [2.75, 3.05) is 27.2 Å². The second kappa shape index (κ2) is 9.21. The number of carbonyl (C=O) groups excluding carboxylic acids is 1. The lowest BCUT2D eigenvalue weighted by Crippen LogP contribution is -2.48. The largest absolute Gasteiger partial charge is 0.356 e. The van der Waals surface area contributed by atoms with E-state index in [9.17, 15) is 4.79 Å². The second-order valence-electron chi connectivity index (χ2n) is 7.11. The van der Waals surface area contributed by atoms with Gasteiger partial charge in [0.15, 0.2) is 5.96 Å². The minimum absolute atomic E-state index is 0.0224. The highest BCUT2D eigenvalue weighted by molar-refractivity contribution is 5.84. The van der Waals surface area contributed by atoms with Crippen molar-refractivity contribution in [3.8, 4) is 11.3 Å². The lowest BCUT2D eigenvalue weighted by Gasteiger charge is -2.27. The minimum Gasteiger partial charge on any atom is -0.356 e. The first-order chi connectivity index (χ1) is 12.9. The van der Waals surface area contributed by atoms with Crippen LogP contribution in [-0.4, -0.2) is 53.9 Å². The molecule has 0 radical (unpaired) electrons. The summed E-state index contributed by atoms with van der Waals surface area (Å²) < 4.78 is 0. The Hall–Kier alpha value is -2.83. The van der Waals surface area contributed by atoms with Crippen LogP contribution < -0.4 is 10.6 Å². The summed E-state index contributed by atoms with van der Waals surface area (Å²) in [6.45, 7) is 7.44. The second-order valence-corrected chi connectivity index (χ2v) is 7.11. The lowest BCUT2D eigenvalue weighted by molar-refractivity contribution is -0.128. The van der Waals surface area contributed by atoms with Crippen LogP contribution in [-0.2, 0) is 11.3 Å². The number of imidazole rings is 1. The highest BCUT2D eigenvalue weighted by Gasteiger charge is 2.27. The molecule has 1 aromatic carbocycles. The zero-order chi connectivity index (χ0) is 19.9. The van der Waals surface area contributed by atoms with Gasteiger partial charge < -0.3 is 20.5 Å². The number of guanidine groups is 1. The molecular weight excluding hydrogens is 340 g/mol. The van der Waals surface area contributed by atoms with E-state index in [0.29, 0.717) is 25.6 Å². The van der Waals surface area contributed by atoms with E-state index in [1.54, 1.807) is 7.05 Å². The van der Waals surface area contributed by atoms with Gasteiger partial charge in [-0.3, -0.25) is 9.79 Å². The smallest absolute Gasteiger partial charge is 0.227 e. The molecule has 0 unspecified atom stereocenters. The number of H-pyrrole nitrogens is 1. The highest BCUT2D eigenvalue weighted by Crippen LogP contribution is 2.17. The van der Waals surface area contributed by atoms with E-state index < -0.39 is 5.41 Å². The van der Waals surface area contributed by atoms with Gasteiger partial charge in [0, 0.05) is 27.2 Å². The van der Waals surface area contributed by atoms with Crippen molar-refractivity contribution in [1.29, 1.82) is 0 Å². The summed E-state index contributed by atoms with van der Waals surface area (Å²) in [7, 11) is 3.68. The number of carbonyl (C=O) groups is 1. The Kier molecular flexibility index (Phi) is 6.98. The van der Waals surface area contributed by atoms with E-state index in [-0.39, 0.29) is 5.91 Å². The van der Waals surface area contributed by atoms with E-state index >= 15 is 0 Å². The monoisotopic (exact) mass is 370 g/mol. The van der Waals surface area contributed by atoms with Crippen molar-refractivity contribution < 1.29 is 4.79 Å². The van der Waals surface area contributed by atoms with E-state index in [4.69, 9.17) is 0 Å². The van der Waals surface area contributed by atoms with E-state index in [2.05, 4.69) is 25.6 Å². The first kappa shape index (κ1) is 20.5. The summed E-state index contributed by atoms with van der Waals surface area (Å²) in [5.74, 6) is 1.58. The number of aromatic amines is 1. The summed E-state index contributed by atoms with van der Waals surface area (Å²) in [6, 6.07) is 10.1. The SMILES string of the molecule is CCNC(=O)C(C)(C)CNC(=NC)N(C)Cc1ncc(-c2ccccc2)[nH]1. The maximum atomic E-state index is 12.1. The normalized spacial score (nSPS) is 12.0. The van der Waals surface area contributed by atoms with Gasteiger partial charge in [-0.05, 0) is 26.3 Å². The van der Waals surface area contributed by atoms with Crippen molar-refractivity contribution in [3.63, 3.8) is 0 Å². The van der Waals surface area contributed by atoms with E-state index in [1.807, 2.05) is 69.2 Å². The molecule has 0 saturated heterocycles. The molecule has 7 heteroatoms. The van der Waals surface area contributed by atoms with Gasteiger partial charge in [-0.15, -0.1) is 0 Å². The number of aliphatic imine (C=N–C) groups is 1. The molecule has 0 fully saturated rings. The Bertz CT molecular complexity index is 766. The number of benzene rings is 1.